The number of anilines is 1. The Kier molecular flexibility index (Phi) is 3.69. The van der Waals surface area contributed by atoms with Crippen LogP contribution in [-0.2, 0) is 0 Å². The summed E-state index contributed by atoms with van der Waals surface area (Å²) in [5.41, 5.74) is 2.17. The van der Waals surface area contributed by atoms with Crippen LogP contribution in [0, 0.1) is 0 Å². The summed E-state index contributed by atoms with van der Waals surface area (Å²) in [7, 11) is 0. The lowest BCUT2D eigenvalue weighted by molar-refractivity contribution is 0.399. The predicted molar refractivity (Wildman–Crippen MR) is 79.6 cm³/mol. The Bertz CT molecular complexity index is 495. The van der Waals surface area contributed by atoms with E-state index >= 15 is 0 Å². The lowest BCUT2D eigenvalue weighted by Gasteiger charge is -2.29. The fraction of sp³-hybridized carbons (Fsp3) is 0.533. The number of rotatable bonds is 4. The van der Waals surface area contributed by atoms with E-state index in [1.807, 2.05) is 12.1 Å². The molecule has 0 radical (unpaired) electrons. The molecule has 0 bridgehead atoms. The number of aromatic amines is 1. The minimum Gasteiger partial charge on any atom is -0.341 e. The van der Waals surface area contributed by atoms with Gasteiger partial charge in [0.2, 0.25) is 5.95 Å². The molecule has 1 atom stereocenters. The van der Waals surface area contributed by atoms with E-state index in [-0.39, 0.29) is 0 Å². The SMILES string of the molecule is CCN(CC1CCCCN1)c1nc2ccccc2[nH]1. The Labute approximate surface area is 114 Å². The summed E-state index contributed by atoms with van der Waals surface area (Å²) >= 11 is 0. The Morgan fingerprint density at radius 3 is 2.95 bits per heavy atom. The normalized spacial score (nSPS) is 19.7. The second-order valence-corrected chi connectivity index (χ2v) is 5.26. The van der Waals surface area contributed by atoms with Crippen molar-refractivity contribution < 1.29 is 0 Å². The van der Waals surface area contributed by atoms with Crippen molar-refractivity contribution in [3.63, 3.8) is 0 Å². The summed E-state index contributed by atoms with van der Waals surface area (Å²) in [6.45, 7) is 5.37. The maximum absolute atomic E-state index is 4.69. The van der Waals surface area contributed by atoms with Gasteiger partial charge in [0.15, 0.2) is 0 Å². The van der Waals surface area contributed by atoms with E-state index in [9.17, 15) is 0 Å². The zero-order valence-corrected chi connectivity index (χ0v) is 11.5. The molecule has 102 valence electrons. The number of fused-ring (bicyclic) bond motifs is 1. The molecule has 1 fully saturated rings. The van der Waals surface area contributed by atoms with Gasteiger partial charge in [-0.3, -0.25) is 0 Å². The molecule has 3 rings (SSSR count). The molecular formula is C15H22N4. The van der Waals surface area contributed by atoms with Crippen molar-refractivity contribution in [1.29, 1.82) is 0 Å². The maximum Gasteiger partial charge on any atom is 0.203 e. The summed E-state index contributed by atoms with van der Waals surface area (Å²) in [6.07, 6.45) is 3.93. The van der Waals surface area contributed by atoms with Gasteiger partial charge in [0, 0.05) is 19.1 Å². The summed E-state index contributed by atoms with van der Waals surface area (Å²) < 4.78 is 0. The molecule has 1 aromatic heterocycles. The number of benzene rings is 1. The predicted octanol–water partition coefficient (Wildman–Crippen LogP) is 2.53. The van der Waals surface area contributed by atoms with E-state index in [2.05, 4.69) is 34.3 Å². The highest BCUT2D eigenvalue weighted by Gasteiger charge is 2.17. The Morgan fingerprint density at radius 2 is 2.21 bits per heavy atom. The molecule has 1 aliphatic heterocycles. The van der Waals surface area contributed by atoms with E-state index < -0.39 is 0 Å². The van der Waals surface area contributed by atoms with Crippen molar-refractivity contribution in [3.8, 4) is 0 Å². The van der Waals surface area contributed by atoms with Crippen molar-refractivity contribution >= 4 is 17.0 Å². The number of H-pyrrole nitrogens is 1. The minimum absolute atomic E-state index is 0.599. The number of piperidine rings is 1. The first-order chi connectivity index (χ1) is 9.36. The largest absolute Gasteiger partial charge is 0.341 e. The average Bonchev–Trinajstić information content (AvgIpc) is 2.89. The lowest BCUT2D eigenvalue weighted by atomic mass is 10.0. The summed E-state index contributed by atoms with van der Waals surface area (Å²) in [5.74, 6) is 0.996. The van der Waals surface area contributed by atoms with Gasteiger partial charge >= 0.3 is 0 Å². The monoisotopic (exact) mass is 258 g/mol. The molecular weight excluding hydrogens is 236 g/mol. The topological polar surface area (TPSA) is 44.0 Å². The van der Waals surface area contributed by atoms with E-state index in [4.69, 9.17) is 4.98 Å². The number of nitrogens with one attached hydrogen (secondary N) is 2. The van der Waals surface area contributed by atoms with Crippen LogP contribution >= 0.6 is 0 Å². The van der Waals surface area contributed by atoms with Crippen molar-refractivity contribution in [1.82, 2.24) is 15.3 Å². The van der Waals surface area contributed by atoms with E-state index in [0.29, 0.717) is 6.04 Å². The zero-order chi connectivity index (χ0) is 13.1. The van der Waals surface area contributed by atoms with Gasteiger partial charge in [-0.05, 0) is 38.4 Å². The second-order valence-electron chi connectivity index (χ2n) is 5.26. The molecule has 4 heteroatoms. The molecule has 1 unspecified atom stereocenters. The second kappa shape index (κ2) is 5.61. The van der Waals surface area contributed by atoms with Gasteiger partial charge in [-0.15, -0.1) is 0 Å². The molecule has 1 saturated heterocycles. The van der Waals surface area contributed by atoms with E-state index in [1.165, 1.54) is 19.3 Å². The third-order valence-electron chi connectivity index (χ3n) is 3.91. The molecule has 2 N–H and O–H groups in total. The standard InChI is InChI=1S/C15H22N4/c1-2-19(11-12-7-5-6-10-16-12)15-17-13-8-3-4-9-14(13)18-15/h3-4,8-9,12,16H,2,5-7,10-11H2,1H3,(H,17,18). The van der Waals surface area contributed by atoms with E-state index in [0.717, 1.165) is 36.6 Å². The van der Waals surface area contributed by atoms with Gasteiger partial charge in [0.25, 0.3) is 0 Å². The third kappa shape index (κ3) is 2.73. The molecule has 0 aliphatic carbocycles. The van der Waals surface area contributed by atoms with Crippen LogP contribution in [0.3, 0.4) is 0 Å². The summed E-state index contributed by atoms with van der Waals surface area (Å²) in [4.78, 5) is 10.5. The van der Waals surface area contributed by atoms with Gasteiger partial charge in [-0.1, -0.05) is 18.6 Å². The van der Waals surface area contributed by atoms with Crippen molar-refractivity contribution in [2.45, 2.75) is 32.2 Å². The highest BCUT2D eigenvalue weighted by molar-refractivity contribution is 5.77. The van der Waals surface area contributed by atoms with Crippen LogP contribution in [0.1, 0.15) is 26.2 Å². The first kappa shape index (κ1) is 12.5. The Hall–Kier alpha value is -1.55. The van der Waals surface area contributed by atoms with Gasteiger partial charge in [-0.2, -0.15) is 0 Å². The van der Waals surface area contributed by atoms with Crippen molar-refractivity contribution in [3.05, 3.63) is 24.3 Å². The van der Waals surface area contributed by atoms with Crippen LogP contribution in [0.4, 0.5) is 5.95 Å². The first-order valence-electron chi connectivity index (χ1n) is 7.30. The van der Waals surface area contributed by atoms with Gasteiger partial charge in [0.05, 0.1) is 11.0 Å². The number of para-hydroxylation sites is 2. The van der Waals surface area contributed by atoms with Crippen LogP contribution < -0.4 is 10.2 Å². The molecule has 4 nitrogen and oxygen atoms in total. The number of aromatic nitrogens is 2. The smallest absolute Gasteiger partial charge is 0.203 e. The Morgan fingerprint density at radius 1 is 1.32 bits per heavy atom. The molecule has 0 spiro atoms. The fourth-order valence-corrected chi connectivity index (χ4v) is 2.80. The molecule has 2 aromatic rings. The summed E-state index contributed by atoms with van der Waals surface area (Å²) in [5, 5.41) is 3.60. The Balaban J connectivity index is 1.76. The number of imidazole rings is 1. The summed E-state index contributed by atoms with van der Waals surface area (Å²) in [6, 6.07) is 8.82. The number of hydrogen-bond acceptors (Lipinski definition) is 3. The highest BCUT2D eigenvalue weighted by Crippen LogP contribution is 2.18. The zero-order valence-electron chi connectivity index (χ0n) is 11.5. The molecule has 0 saturated carbocycles. The van der Waals surface area contributed by atoms with Crippen molar-refractivity contribution in [2.75, 3.05) is 24.5 Å². The quantitative estimate of drug-likeness (QED) is 0.885. The molecule has 1 aliphatic rings. The first-order valence-corrected chi connectivity index (χ1v) is 7.30. The van der Waals surface area contributed by atoms with Crippen molar-refractivity contribution in [2.24, 2.45) is 0 Å². The van der Waals surface area contributed by atoms with Gasteiger partial charge in [0.1, 0.15) is 0 Å². The molecule has 0 amide bonds. The van der Waals surface area contributed by atoms with E-state index in [1.54, 1.807) is 0 Å². The van der Waals surface area contributed by atoms with Crippen LogP contribution in [0.25, 0.3) is 11.0 Å². The average molecular weight is 258 g/mol. The third-order valence-corrected chi connectivity index (χ3v) is 3.91. The molecule has 1 aromatic carbocycles. The molecule has 19 heavy (non-hydrogen) atoms. The number of hydrogen-bond donors (Lipinski definition) is 2. The molecule has 2 heterocycles. The number of likely N-dealkylation sites (N-methyl/N-ethyl adjacent to an activating group) is 1. The number of nitrogens with zero attached hydrogens (tertiary/aromatic N) is 2. The van der Waals surface area contributed by atoms with Gasteiger partial charge in [-0.25, -0.2) is 4.98 Å². The van der Waals surface area contributed by atoms with Crippen LogP contribution in [-0.4, -0.2) is 35.6 Å². The lowest BCUT2D eigenvalue weighted by Crippen LogP contribution is -2.44. The van der Waals surface area contributed by atoms with Gasteiger partial charge < -0.3 is 15.2 Å². The van der Waals surface area contributed by atoms with Crippen LogP contribution in [0.2, 0.25) is 0 Å². The van der Waals surface area contributed by atoms with Crippen LogP contribution in [0.15, 0.2) is 24.3 Å². The van der Waals surface area contributed by atoms with Crippen LogP contribution in [0.5, 0.6) is 0 Å². The highest BCUT2D eigenvalue weighted by atomic mass is 15.3. The minimum atomic E-state index is 0.599. The fourth-order valence-electron chi connectivity index (χ4n) is 2.80. The maximum atomic E-state index is 4.69.